The number of aliphatic hydroxyl groups is 1. The number of hydrogen-bond donors (Lipinski definition) is 1. The van der Waals surface area contributed by atoms with E-state index < -0.39 is 0 Å². The number of piperazine rings is 1. The van der Waals surface area contributed by atoms with E-state index in [0.29, 0.717) is 6.61 Å². The van der Waals surface area contributed by atoms with Crippen LogP contribution in [-0.4, -0.2) is 66.5 Å². The average Bonchev–Trinajstić information content (AvgIpc) is 2.80. The van der Waals surface area contributed by atoms with E-state index in [9.17, 15) is 0 Å². The molecule has 0 atom stereocenters. The molecule has 0 spiro atoms. The Bertz CT molecular complexity index is 348. The standard InChI is InChI=1S/C12H21N3O3/c1-17-10-12-8-11(13-18-12)9-15-4-2-14(3-5-15)6-7-16/h8,16H,2-7,9-10H2,1H3. The Hall–Kier alpha value is -0.950. The molecule has 1 N–H and O–H groups in total. The molecule has 2 heterocycles. The van der Waals surface area contributed by atoms with Gasteiger partial charge in [-0.05, 0) is 0 Å². The monoisotopic (exact) mass is 255 g/mol. The van der Waals surface area contributed by atoms with Crippen LogP contribution in [0.4, 0.5) is 0 Å². The van der Waals surface area contributed by atoms with Gasteiger partial charge in [0.2, 0.25) is 0 Å². The van der Waals surface area contributed by atoms with E-state index in [1.54, 1.807) is 7.11 Å². The summed E-state index contributed by atoms with van der Waals surface area (Å²) in [5, 5.41) is 12.9. The van der Waals surface area contributed by atoms with Crippen molar-refractivity contribution in [1.29, 1.82) is 0 Å². The minimum Gasteiger partial charge on any atom is -0.395 e. The highest BCUT2D eigenvalue weighted by molar-refractivity contribution is 5.04. The van der Waals surface area contributed by atoms with Crippen LogP contribution in [0.2, 0.25) is 0 Å². The largest absolute Gasteiger partial charge is 0.395 e. The first-order valence-electron chi connectivity index (χ1n) is 6.31. The van der Waals surface area contributed by atoms with Crippen LogP contribution in [0.3, 0.4) is 0 Å². The van der Waals surface area contributed by atoms with Crippen LogP contribution in [0, 0.1) is 0 Å². The summed E-state index contributed by atoms with van der Waals surface area (Å²) in [5.41, 5.74) is 0.956. The lowest BCUT2D eigenvalue weighted by molar-refractivity contribution is 0.107. The lowest BCUT2D eigenvalue weighted by Crippen LogP contribution is -2.46. The third-order valence-electron chi connectivity index (χ3n) is 3.16. The van der Waals surface area contributed by atoms with Crippen molar-refractivity contribution in [2.75, 3.05) is 46.4 Å². The molecule has 1 aliphatic heterocycles. The van der Waals surface area contributed by atoms with Gasteiger partial charge >= 0.3 is 0 Å². The van der Waals surface area contributed by atoms with Crippen molar-refractivity contribution < 1.29 is 14.4 Å². The molecule has 0 radical (unpaired) electrons. The van der Waals surface area contributed by atoms with Crippen molar-refractivity contribution in [1.82, 2.24) is 15.0 Å². The van der Waals surface area contributed by atoms with E-state index in [4.69, 9.17) is 14.4 Å². The Morgan fingerprint density at radius 1 is 1.33 bits per heavy atom. The summed E-state index contributed by atoms with van der Waals surface area (Å²) >= 11 is 0. The highest BCUT2D eigenvalue weighted by Gasteiger charge is 2.17. The SMILES string of the molecule is COCc1cc(CN2CCN(CCO)CC2)no1. The Kier molecular flexibility index (Phi) is 5.12. The van der Waals surface area contributed by atoms with E-state index in [-0.39, 0.29) is 6.61 Å². The van der Waals surface area contributed by atoms with Crippen LogP contribution in [0.1, 0.15) is 11.5 Å². The zero-order valence-corrected chi connectivity index (χ0v) is 10.8. The minimum absolute atomic E-state index is 0.240. The molecule has 2 rings (SSSR count). The number of aromatic nitrogens is 1. The normalized spacial score (nSPS) is 18.3. The van der Waals surface area contributed by atoms with Gasteiger partial charge in [-0.1, -0.05) is 5.16 Å². The molecule has 0 aromatic carbocycles. The molecule has 18 heavy (non-hydrogen) atoms. The number of methoxy groups -OCH3 is 1. The van der Waals surface area contributed by atoms with Crippen molar-refractivity contribution in [2.24, 2.45) is 0 Å². The molecule has 102 valence electrons. The lowest BCUT2D eigenvalue weighted by Gasteiger charge is -2.33. The predicted molar refractivity (Wildman–Crippen MR) is 66.0 cm³/mol. The third-order valence-corrected chi connectivity index (χ3v) is 3.16. The smallest absolute Gasteiger partial charge is 0.162 e. The maximum atomic E-state index is 8.88. The van der Waals surface area contributed by atoms with Gasteiger partial charge in [-0.25, -0.2) is 0 Å². The fraction of sp³-hybridized carbons (Fsp3) is 0.750. The molecule has 0 unspecified atom stereocenters. The summed E-state index contributed by atoms with van der Waals surface area (Å²) in [6.45, 7) is 6.32. The van der Waals surface area contributed by atoms with Gasteiger partial charge in [0.15, 0.2) is 5.76 Å². The molecule has 0 aliphatic carbocycles. The molecule has 1 aromatic heterocycles. The molecular formula is C12H21N3O3. The van der Waals surface area contributed by atoms with Crippen molar-refractivity contribution >= 4 is 0 Å². The molecule has 1 fully saturated rings. The molecule has 0 saturated carbocycles. The van der Waals surface area contributed by atoms with Crippen LogP contribution < -0.4 is 0 Å². The second kappa shape index (κ2) is 6.84. The second-order valence-electron chi connectivity index (χ2n) is 4.56. The third kappa shape index (κ3) is 3.78. The number of aliphatic hydroxyl groups excluding tert-OH is 1. The zero-order chi connectivity index (χ0) is 12.8. The molecule has 1 aliphatic rings. The van der Waals surface area contributed by atoms with Gasteiger partial charge in [-0.3, -0.25) is 9.80 Å². The first kappa shape index (κ1) is 13.5. The summed E-state index contributed by atoms with van der Waals surface area (Å²) in [7, 11) is 1.64. The summed E-state index contributed by atoms with van der Waals surface area (Å²) in [5.74, 6) is 0.770. The lowest BCUT2D eigenvalue weighted by atomic mass is 10.3. The number of hydrogen-bond acceptors (Lipinski definition) is 6. The number of nitrogens with zero attached hydrogens (tertiary/aromatic N) is 3. The zero-order valence-electron chi connectivity index (χ0n) is 10.8. The molecule has 6 heteroatoms. The van der Waals surface area contributed by atoms with Crippen molar-refractivity contribution in [3.05, 3.63) is 17.5 Å². The quantitative estimate of drug-likeness (QED) is 0.768. The maximum Gasteiger partial charge on any atom is 0.162 e. The summed E-state index contributed by atoms with van der Waals surface area (Å²) < 4.78 is 10.2. The van der Waals surface area contributed by atoms with Gasteiger partial charge in [-0.2, -0.15) is 0 Å². The van der Waals surface area contributed by atoms with Crippen molar-refractivity contribution in [3.8, 4) is 0 Å². The van der Waals surface area contributed by atoms with Crippen molar-refractivity contribution in [2.45, 2.75) is 13.2 Å². The average molecular weight is 255 g/mol. The van der Waals surface area contributed by atoms with Gasteiger partial charge in [0.05, 0.1) is 12.3 Å². The van der Waals surface area contributed by atoms with Gasteiger partial charge in [0.1, 0.15) is 6.61 Å². The Labute approximate surface area is 107 Å². The Morgan fingerprint density at radius 3 is 2.72 bits per heavy atom. The Morgan fingerprint density at radius 2 is 2.06 bits per heavy atom. The van der Waals surface area contributed by atoms with Gasteiger partial charge in [0, 0.05) is 52.4 Å². The van der Waals surface area contributed by atoms with Crippen LogP contribution in [0.15, 0.2) is 10.6 Å². The highest BCUT2D eigenvalue weighted by atomic mass is 16.5. The summed E-state index contributed by atoms with van der Waals surface area (Å²) in [4.78, 5) is 4.62. The molecule has 0 bridgehead atoms. The Balaban J connectivity index is 1.76. The minimum atomic E-state index is 0.240. The van der Waals surface area contributed by atoms with Crippen LogP contribution in [0.25, 0.3) is 0 Å². The van der Waals surface area contributed by atoms with Gasteiger partial charge < -0.3 is 14.4 Å². The van der Waals surface area contributed by atoms with E-state index >= 15 is 0 Å². The van der Waals surface area contributed by atoms with E-state index in [1.165, 1.54) is 0 Å². The van der Waals surface area contributed by atoms with E-state index in [0.717, 1.165) is 50.7 Å². The number of β-amino-alcohol motifs (C(OH)–C–C–N with tert-alkyl or cyclic N) is 1. The fourth-order valence-corrected chi connectivity index (χ4v) is 2.18. The molecule has 6 nitrogen and oxygen atoms in total. The highest BCUT2D eigenvalue weighted by Crippen LogP contribution is 2.10. The van der Waals surface area contributed by atoms with E-state index in [1.807, 2.05) is 6.07 Å². The molecule has 1 saturated heterocycles. The summed E-state index contributed by atoms with van der Waals surface area (Å²) in [6.07, 6.45) is 0. The van der Waals surface area contributed by atoms with E-state index in [2.05, 4.69) is 15.0 Å². The predicted octanol–water partition coefficient (Wildman–Crippen LogP) is -0.0691. The van der Waals surface area contributed by atoms with Crippen LogP contribution in [0.5, 0.6) is 0 Å². The molecule has 0 amide bonds. The maximum absolute atomic E-state index is 8.88. The number of rotatable bonds is 6. The van der Waals surface area contributed by atoms with Crippen LogP contribution in [-0.2, 0) is 17.9 Å². The summed E-state index contributed by atoms with van der Waals surface area (Å²) in [6, 6.07) is 1.95. The fourth-order valence-electron chi connectivity index (χ4n) is 2.18. The topological polar surface area (TPSA) is 62.0 Å². The van der Waals surface area contributed by atoms with Gasteiger partial charge in [-0.15, -0.1) is 0 Å². The second-order valence-corrected chi connectivity index (χ2v) is 4.56. The first-order valence-corrected chi connectivity index (χ1v) is 6.31. The van der Waals surface area contributed by atoms with Crippen molar-refractivity contribution in [3.63, 3.8) is 0 Å². The number of ether oxygens (including phenoxy) is 1. The van der Waals surface area contributed by atoms with Crippen LogP contribution >= 0.6 is 0 Å². The molecule has 1 aromatic rings. The first-order chi connectivity index (χ1) is 8.81. The molecular weight excluding hydrogens is 234 g/mol. The van der Waals surface area contributed by atoms with Gasteiger partial charge in [0.25, 0.3) is 0 Å².